The molecule has 2 aliphatic heterocycles. The van der Waals surface area contributed by atoms with E-state index in [-0.39, 0.29) is 16.4 Å². The molecule has 1 amide bonds. The second-order valence-corrected chi connectivity index (χ2v) is 11.8. The molecule has 0 radical (unpaired) electrons. The maximum atomic E-state index is 13.3. The zero-order valence-corrected chi connectivity index (χ0v) is 20.7. The van der Waals surface area contributed by atoms with Gasteiger partial charge in [0.05, 0.1) is 16.3 Å². The molecule has 34 heavy (non-hydrogen) atoms. The van der Waals surface area contributed by atoms with Crippen molar-refractivity contribution in [3.05, 3.63) is 70.7 Å². The van der Waals surface area contributed by atoms with Gasteiger partial charge in [-0.15, -0.1) is 11.3 Å². The van der Waals surface area contributed by atoms with Crippen LogP contribution in [0.25, 0.3) is 0 Å². The summed E-state index contributed by atoms with van der Waals surface area (Å²) in [5, 5.41) is 5.32. The lowest BCUT2D eigenvalue weighted by Crippen LogP contribution is -2.33. The number of fused-ring (bicyclic) bond motifs is 1. The fraction of sp³-hybridized carbons (Fsp3) is 0.360. The fourth-order valence-corrected chi connectivity index (χ4v) is 6.99. The largest absolute Gasteiger partial charge is 0.298 e. The van der Waals surface area contributed by atoms with Crippen molar-refractivity contribution in [1.82, 2.24) is 9.88 Å². The van der Waals surface area contributed by atoms with E-state index >= 15 is 0 Å². The number of para-hydroxylation sites is 1. The summed E-state index contributed by atoms with van der Waals surface area (Å²) in [6.45, 7) is 5.60. The molecule has 2 aliphatic rings. The van der Waals surface area contributed by atoms with Crippen molar-refractivity contribution >= 4 is 38.1 Å². The van der Waals surface area contributed by atoms with Crippen LogP contribution in [-0.4, -0.2) is 43.8 Å². The van der Waals surface area contributed by atoms with Gasteiger partial charge >= 0.3 is 0 Å². The van der Waals surface area contributed by atoms with Gasteiger partial charge in [-0.25, -0.2) is 13.4 Å². The SMILES string of the molecule is CC1CCCN(Cc2csc(NC(=O)c3cccc(S(=O)(=O)N4CCc5ccccc54)c3)n2)C1. The number of nitrogens with zero attached hydrogens (tertiary/aromatic N) is 3. The summed E-state index contributed by atoms with van der Waals surface area (Å²) in [7, 11) is -3.76. The van der Waals surface area contributed by atoms with Crippen molar-refractivity contribution in [2.24, 2.45) is 5.92 Å². The molecule has 1 N–H and O–H groups in total. The standard InChI is InChI=1S/C25H28N4O3S2/c1-18-6-5-12-28(15-18)16-21-17-33-25(26-21)27-24(30)20-8-4-9-22(14-20)34(31,32)29-13-11-19-7-2-3-10-23(19)29/h2-4,7-10,14,17-18H,5-6,11-13,15-16H2,1H3,(H,26,27,30). The van der Waals surface area contributed by atoms with Gasteiger partial charge in [0.15, 0.2) is 5.13 Å². The first-order valence-corrected chi connectivity index (χ1v) is 13.9. The number of carbonyl (C=O) groups excluding carboxylic acids is 1. The minimum absolute atomic E-state index is 0.107. The van der Waals surface area contributed by atoms with E-state index < -0.39 is 10.0 Å². The zero-order valence-electron chi connectivity index (χ0n) is 19.1. The van der Waals surface area contributed by atoms with Gasteiger partial charge in [-0.3, -0.25) is 19.3 Å². The predicted molar refractivity (Wildman–Crippen MR) is 135 cm³/mol. The average Bonchev–Trinajstić information content (AvgIpc) is 3.46. The Kier molecular flexibility index (Phi) is 6.42. The second kappa shape index (κ2) is 9.48. The van der Waals surface area contributed by atoms with Crippen molar-refractivity contribution in [2.45, 2.75) is 37.6 Å². The van der Waals surface area contributed by atoms with E-state index in [9.17, 15) is 13.2 Å². The highest BCUT2D eigenvalue weighted by molar-refractivity contribution is 7.92. The Morgan fingerprint density at radius 3 is 2.88 bits per heavy atom. The fourth-order valence-electron chi connectivity index (χ4n) is 4.75. The Morgan fingerprint density at radius 1 is 1.18 bits per heavy atom. The van der Waals surface area contributed by atoms with Gasteiger partial charge < -0.3 is 0 Å². The molecule has 3 heterocycles. The van der Waals surface area contributed by atoms with Gasteiger partial charge in [0.2, 0.25) is 0 Å². The van der Waals surface area contributed by atoms with Crippen LogP contribution in [0, 0.1) is 5.92 Å². The van der Waals surface area contributed by atoms with Gasteiger partial charge in [-0.1, -0.05) is 31.2 Å². The van der Waals surface area contributed by atoms with E-state index in [4.69, 9.17) is 0 Å². The summed E-state index contributed by atoms with van der Waals surface area (Å²) in [4.78, 5) is 20.0. The summed E-state index contributed by atoms with van der Waals surface area (Å²) in [6, 6.07) is 13.7. The predicted octanol–water partition coefficient (Wildman–Crippen LogP) is 4.38. The average molecular weight is 497 g/mol. The highest BCUT2D eigenvalue weighted by Gasteiger charge is 2.31. The molecule has 2 aromatic carbocycles. The highest BCUT2D eigenvalue weighted by atomic mass is 32.2. The molecule has 0 spiro atoms. The normalized spacial score (nSPS) is 18.6. The minimum atomic E-state index is -3.76. The maximum Gasteiger partial charge on any atom is 0.264 e. The molecular formula is C25H28N4O3S2. The third-order valence-corrected chi connectivity index (χ3v) is 9.04. The monoisotopic (exact) mass is 496 g/mol. The number of aromatic nitrogens is 1. The lowest BCUT2D eigenvalue weighted by Gasteiger charge is -2.30. The quantitative estimate of drug-likeness (QED) is 0.548. The van der Waals surface area contributed by atoms with Crippen LogP contribution in [0.15, 0.2) is 58.8 Å². The Balaban J connectivity index is 1.28. The number of amides is 1. The van der Waals surface area contributed by atoms with Crippen LogP contribution >= 0.6 is 11.3 Å². The molecule has 3 aromatic rings. The molecule has 1 saturated heterocycles. The molecular weight excluding hydrogens is 468 g/mol. The van der Waals surface area contributed by atoms with Crippen molar-refractivity contribution in [3.8, 4) is 0 Å². The number of nitrogens with one attached hydrogen (secondary N) is 1. The molecule has 9 heteroatoms. The Morgan fingerprint density at radius 2 is 2.03 bits per heavy atom. The number of likely N-dealkylation sites (tertiary alicyclic amines) is 1. The number of hydrogen-bond donors (Lipinski definition) is 1. The Labute approximate surface area is 204 Å². The number of hydrogen-bond acceptors (Lipinski definition) is 6. The van der Waals surface area contributed by atoms with Crippen LogP contribution < -0.4 is 9.62 Å². The number of sulfonamides is 1. The van der Waals surface area contributed by atoms with Crippen LogP contribution in [0.2, 0.25) is 0 Å². The molecule has 5 rings (SSSR count). The zero-order chi connectivity index (χ0) is 23.7. The van der Waals surface area contributed by atoms with Gasteiger partial charge in [0, 0.05) is 30.6 Å². The Bertz CT molecular complexity index is 1300. The van der Waals surface area contributed by atoms with Crippen molar-refractivity contribution in [2.75, 3.05) is 29.3 Å². The molecule has 0 aliphatic carbocycles. The number of thiazole rings is 1. The molecule has 1 atom stereocenters. The molecule has 1 unspecified atom stereocenters. The van der Waals surface area contributed by atoms with Crippen LogP contribution in [0.3, 0.4) is 0 Å². The first-order chi connectivity index (χ1) is 16.4. The number of carbonyl (C=O) groups is 1. The summed E-state index contributed by atoms with van der Waals surface area (Å²) >= 11 is 1.39. The minimum Gasteiger partial charge on any atom is -0.298 e. The van der Waals surface area contributed by atoms with E-state index in [1.54, 1.807) is 12.1 Å². The molecule has 1 fully saturated rings. The van der Waals surface area contributed by atoms with E-state index in [1.807, 2.05) is 29.6 Å². The van der Waals surface area contributed by atoms with E-state index in [1.165, 1.54) is 40.6 Å². The molecule has 1 aromatic heterocycles. The topological polar surface area (TPSA) is 82.6 Å². The summed E-state index contributed by atoms with van der Waals surface area (Å²) in [5.41, 5.74) is 2.95. The number of benzene rings is 2. The first-order valence-electron chi connectivity index (χ1n) is 11.6. The molecule has 0 saturated carbocycles. The smallest absolute Gasteiger partial charge is 0.264 e. The Hall–Kier alpha value is -2.75. The van der Waals surface area contributed by atoms with Crippen molar-refractivity contribution in [1.29, 1.82) is 0 Å². The van der Waals surface area contributed by atoms with Crippen LogP contribution in [0.4, 0.5) is 10.8 Å². The molecule has 0 bridgehead atoms. The van der Waals surface area contributed by atoms with Crippen molar-refractivity contribution < 1.29 is 13.2 Å². The van der Waals surface area contributed by atoms with Crippen LogP contribution in [-0.2, 0) is 23.0 Å². The number of rotatable bonds is 6. The summed E-state index contributed by atoms with van der Waals surface area (Å²) < 4.78 is 28.1. The second-order valence-electron chi connectivity index (χ2n) is 9.06. The van der Waals surface area contributed by atoms with Gasteiger partial charge in [0.25, 0.3) is 15.9 Å². The lowest BCUT2D eigenvalue weighted by molar-refractivity contribution is 0.102. The van der Waals surface area contributed by atoms with E-state index in [2.05, 4.69) is 22.1 Å². The summed E-state index contributed by atoms with van der Waals surface area (Å²) in [5.74, 6) is 0.329. The number of anilines is 2. The van der Waals surface area contributed by atoms with E-state index in [0.717, 1.165) is 30.9 Å². The molecule has 7 nitrogen and oxygen atoms in total. The van der Waals surface area contributed by atoms with Crippen molar-refractivity contribution in [3.63, 3.8) is 0 Å². The third kappa shape index (κ3) is 4.73. The van der Waals surface area contributed by atoms with Crippen LogP contribution in [0.1, 0.15) is 41.4 Å². The number of piperidine rings is 1. The maximum absolute atomic E-state index is 13.3. The molecule has 178 valence electrons. The van der Waals surface area contributed by atoms with Gasteiger partial charge in [-0.2, -0.15) is 0 Å². The highest BCUT2D eigenvalue weighted by Crippen LogP contribution is 2.33. The first kappa shape index (κ1) is 23.0. The van der Waals surface area contributed by atoms with Gasteiger partial charge in [0.1, 0.15) is 0 Å². The van der Waals surface area contributed by atoms with E-state index in [0.29, 0.717) is 29.7 Å². The third-order valence-electron chi connectivity index (χ3n) is 6.43. The van der Waals surface area contributed by atoms with Crippen LogP contribution in [0.5, 0.6) is 0 Å². The van der Waals surface area contributed by atoms with Gasteiger partial charge in [-0.05, 0) is 61.6 Å². The lowest BCUT2D eigenvalue weighted by atomic mass is 10.0. The summed E-state index contributed by atoms with van der Waals surface area (Å²) in [6.07, 6.45) is 3.16.